The first-order valence-electron chi connectivity index (χ1n) is 16.8. The topological polar surface area (TPSA) is 103 Å². The van der Waals surface area contributed by atoms with Crippen LogP contribution in [-0.4, -0.2) is 43.7 Å². The third-order valence-corrected chi connectivity index (χ3v) is 8.96. The molecule has 0 saturated heterocycles. The van der Waals surface area contributed by atoms with Crippen molar-refractivity contribution < 1.29 is 23.1 Å². The van der Waals surface area contributed by atoms with Crippen LogP contribution in [-0.2, 0) is 4.84 Å². The highest BCUT2D eigenvalue weighted by Crippen LogP contribution is 2.44. The van der Waals surface area contributed by atoms with Gasteiger partial charge in [0.15, 0.2) is 0 Å². The van der Waals surface area contributed by atoms with Crippen molar-refractivity contribution in [1.29, 1.82) is 0 Å². The Balaban J connectivity index is 1.49. The number of nitrogens with zero attached hydrogens (tertiary/aromatic N) is 3. The van der Waals surface area contributed by atoms with Crippen molar-refractivity contribution in [1.82, 2.24) is 10.5 Å². The Bertz CT molecular complexity index is 1720. The molecule has 5 rings (SSSR count). The minimum absolute atomic E-state index is 0.0705. The number of ether oxygens (including phenoxy) is 2. The van der Waals surface area contributed by atoms with E-state index < -0.39 is 11.6 Å². The van der Waals surface area contributed by atoms with E-state index in [0.717, 1.165) is 41.3 Å². The lowest BCUT2D eigenvalue weighted by Gasteiger charge is -2.25. The van der Waals surface area contributed by atoms with E-state index in [1.807, 2.05) is 45.2 Å². The number of fused-ring (bicyclic) bond motifs is 1. The van der Waals surface area contributed by atoms with Gasteiger partial charge in [-0.2, -0.15) is 0 Å². The molecule has 3 N–H and O–H groups in total. The molecule has 0 amide bonds. The number of allylic oxidation sites excluding steroid dienone is 1. The first kappa shape index (κ1) is 35.2. The molecule has 2 aliphatic heterocycles. The fourth-order valence-electron chi connectivity index (χ4n) is 6.10. The van der Waals surface area contributed by atoms with Gasteiger partial charge in [0.25, 0.3) is 0 Å². The van der Waals surface area contributed by atoms with Crippen LogP contribution in [0.25, 0.3) is 11.3 Å². The lowest BCUT2D eigenvalue weighted by atomic mass is 9.88. The van der Waals surface area contributed by atoms with E-state index in [1.54, 1.807) is 19.4 Å². The number of hydroxylamine groups is 1. The van der Waals surface area contributed by atoms with E-state index in [9.17, 15) is 4.39 Å². The maximum absolute atomic E-state index is 15.5. The number of aliphatic imine (C=N–C) groups is 2. The first-order valence-corrected chi connectivity index (χ1v) is 16.8. The van der Waals surface area contributed by atoms with E-state index in [1.165, 1.54) is 0 Å². The van der Waals surface area contributed by atoms with Gasteiger partial charge in [-0.05, 0) is 67.0 Å². The zero-order valence-electron chi connectivity index (χ0n) is 28.9. The monoisotopic (exact) mass is 659 g/mol. The molecule has 3 aromatic rings. The van der Waals surface area contributed by atoms with Crippen LogP contribution in [0.5, 0.6) is 11.5 Å². The predicted octanol–water partition coefficient (Wildman–Crippen LogP) is 8.43. The summed E-state index contributed by atoms with van der Waals surface area (Å²) < 4.78 is 41.9. The summed E-state index contributed by atoms with van der Waals surface area (Å²) in [5.74, 6) is -0.237. The standard InChI is InChI=1S/C38H47F2N5O3/c1-8-10-42-18-26-13-25(14-35(46-7)36(26)41)24(6)48-44-19-30(33-12-22(4)9-11-43-33)34-16-28-23(5)20-47-38(28)37(45-34)29-15-27(21(2)3)31(39)17-32(29)40/h9,11,13-18,21-24,30,44H,8,10,12,19-20,41H2,1-7H3. The second-order valence-electron chi connectivity index (χ2n) is 13.1. The Morgan fingerprint density at radius 2 is 1.92 bits per heavy atom. The molecule has 10 heteroatoms. The Morgan fingerprint density at radius 3 is 2.62 bits per heavy atom. The van der Waals surface area contributed by atoms with Crippen molar-refractivity contribution in [2.45, 2.75) is 78.2 Å². The van der Waals surface area contributed by atoms with E-state index in [0.29, 0.717) is 53.8 Å². The molecular weight excluding hydrogens is 612 g/mol. The number of hydrogen-bond acceptors (Lipinski definition) is 8. The number of nitrogens with two attached hydrogens (primary N) is 1. The van der Waals surface area contributed by atoms with Gasteiger partial charge in [-0.1, -0.05) is 40.7 Å². The molecule has 48 heavy (non-hydrogen) atoms. The zero-order valence-corrected chi connectivity index (χ0v) is 28.9. The number of aromatic nitrogens is 1. The molecule has 1 aromatic heterocycles. The van der Waals surface area contributed by atoms with E-state index >= 15 is 4.39 Å². The molecule has 2 aliphatic rings. The highest BCUT2D eigenvalue weighted by atomic mass is 19.1. The molecule has 0 saturated carbocycles. The summed E-state index contributed by atoms with van der Waals surface area (Å²) >= 11 is 0. The Morgan fingerprint density at radius 1 is 1.12 bits per heavy atom. The number of nitrogen functional groups attached to an aromatic ring is 1. The summed E-state index contributed by atoms with van der Waals surface area (Å²) in [5, 5.41) is 0. The molecule has 2 aromatic carbocycles. The zero-order chi connectivity index (χ0) is 34.5. The fraction of sp³-hybridized carbons (Fsp3) is 0.447. The average Bonchev–Trinajstić information content (AvgIpc) is 3.43. The molecule has 0 fully saturated rings. The van der Waals surface area contributed by atoms with Crippen molar-refractivity contribution in [3.63, 3.8) is 0 Å². The number of methoxy groups -OCH3 is 1. The van der Waals surface area contributed by atoms with Crippen LogP contribution in [0.2, 0.25) is 0 Å². The summed E-state index contributed by atoms with van der Waals surface area (Å²) in [6, 6.07) is 8.37. The van der Waals surface area contributed by atoms with Crippen LogP contribution in [0.15, 0.2) is 52.6 Å². The molecular formula is C38H47F2N5O3. The van der Waals surface area contributed by atoms with Crippen LogP contribution >= 0.6 is 0 Å². The highest BCUT2D eigenvalue weighted by Gasteiger charge is 2.32. The Kier molecular flexibility index (Phi) is 11.3. The fourth-order valence-corrected chi connectivity index (χ4v) is 6.10. The third kappa shape index (κ3) is 7.60. The average molecular weight is 660 g/mol. The first-order chi connectivity index (χ1) is 23.0. The minimum atomic E-state index is -0.677. The maximum atomic E-state index is 15.5. The van der Waals surface area contributed by atoms with E-state index in [2.05, 4.69) is 37.3 Å². The molecule has 3 heterocycles. The van der Waals surface area contributed by atoms with Crippen molar-refractivity contribution in [3.05, 3.63) is 82.2 Å². The lowest BCUT2D eigenvalue weighted by Crippen LogP contribution is -2.30. The molecule has 4 atom stereocenters. The number of anilines is 1. The second-order valence-corrected chi connectivity index (χ2v) is 13.1. The van der Waals surface area contributed by atoms with Gasteiger partial charge in [0.2, 0.25) is 0 Å². The largest absolute Gasteiger partial charge is 0.495 e. The van der Waals surface area contributed by atoms with Crippen LogP contribution in [0, 0.1) is 17.6 Å². The smallest absolute Gasteiger partial charge is 0.149 e. The number of benzene rings is 2. The Hall–Kier alpha value is -4.15. The van der Waals surface area contributed by atoms with Gasteiger partial charge >= 0.3 is 0 Å². The van der Waals surface area contributed by atoms with Gasteiger partial charge in [0.1, 0.15) is 34.9 Å². The summed E-state index contributed by atoms with van der Waals surface area (Å²) in [6.45, 7) is 13.5. The van der Waals surface area contributed by atoms with Gasteiger partial charge in [-0.3, -0.25) is 14.8 Å². The third-order valence-electron chi connectivity index (χ3n) is 8.96. The number of hydrogen-bond donors (Lipinski definition) is 2. The van der Waals surface area contributed by atoms with Crippen molar-refractivity contribution in [2.24, 2.45) is 15.9 Å². The van der Waals surface area contributed by atoms with Crippen LogP contribution < -0.4 is 20.7 Å². The van der Waals surface area contributed by atoms with E-state index in [-0.39, 0.29) is 35.3 Å². The molecule has 8 nitrogen and oxygen atoms in total. The number of nitrogens with one attached hydrogen (secondary N) is 1. The highest BCUT2D eigenvalue weighted by molar-refractivity contribution is 5.92. The van der Waals surface area contributed by atoms with E-state index in [4.69, 9.17) is 30.0 Å². The Labute approximate surface area is 282 Å². The van der Waals surface area contributed by atoms with Gasteiger partial charge in [-0.25, -0.2) is 19.2 Å². The lowest BCUT2D eigenvalue weighted by molar-refractivity contribution is -0.0169. The normalized spacial score (nSPS) is 18.6. The van der Waals surface area contributed by atoms with Gasteiger partial charge in [0, 0.05) is 59.9 Å². The number of halogens is 2. The number of rotatable bonds is 13. The summed E-state index contributed by atoms with van der Waals surface area (Å²) in [7, 11) is 1.59. The molecule has 0 bridgehead atoms. The number of pyridine rings is 1. The van der Waals surface area contributed by atoms with Gasteiger partial charge in [-0.15, -0.1) is 0 Å². The van der Waals surface area contributed by atoms with Crippen molar-refractivity contribution in [2.75, 3.05) is 32.5 Å². The van der Waals surface area contributed by atoms with Crippen LogP contribution in [0.1, 0.15) is 106 Å². The summed E-state index contributed by atoms with van der Waals surface area (Å²) in [6.07, 6.45) is 6.97. The van der Waals surface area contributed by atoms with Crippen LogP contribution in [0.4, 0.5) is 14.5 Å². The minimum Gasteiger partial charge on any atom is -0.495 e. The molecule has 0 spiro atoms. The predicted molar refractivity (Wildman–Crippen MR) is 188 cm³/mol. The van der Waals surface area contributed by atoms with Crippen molar-refractivity contribution >= 4 is 17.6 Å². The molecule has 0 radical (unpaired) electrons. The summed E-state index contributed by atoms with van der Waals surface area (Å²) in [4.78, 5) is 20.5. The molecule has 256 valence electrons. The van der Waals surface area contributed by atoms with Gasteiger partial charge < -0.3 is 15.2 Å². The van der Waals surface area contributed by atoms with Gasteiger partial charge in [0.05, 0.1) is 31.0 Å². The quantitative estimate of drug-likeness (QED) is 0.109. The van der Waals surface area contributed by atoms with Crippen molar-refractivity contribution in [3.8, 4) is 22.8 Å². The SMILES string of the molecule is CCCN=Cc1cc(C(C)ONCC(C2=NC=CC(C)C2)c2cc3c(c(-c4cc(C(C)C)c(F)cc4F)n2)OCC3C)cc(OC)c1N. The molecule has 4 unspecified atom stereocenters. The molecule has 0 aliphatic carbocycles. The second kappa shape index (κ2) is 15.4. The maximum Gasteiger partial charge on any atom is 0.149 e. The van der Waals surface area contributed by atoms with Crippen LogP contribution in [0.3, 0.4) is 0 Å². The summed E-state index contributed by atoms with van der Waals surface area (Å²) in [5.41, 5.74) is 15.3.